The van der Waals surface area contributed by atoms with Crippen LogP contribution in [0.3, 0.4) is 0 Å². The van der Waals surface area contributed by atoms with Crippen molar-refractivity contribution < 1.29 is 22.7 Å². The van der Waals surface area contributed by atoms with Gasteiger partial charge >= 0.3 is 12.3 Å². The molecule has 1 N–H and O–H groups in total. The van der Waals surface area contributed by atoms with Gasteiger partial charge in [-0.05, 0) is 31.0 Å². The third-order valence-corrected chi connectivity index (χ3v) is 5.95. The molecule has 1 amide bonds. The molecule has 1 fully saturated rings. The van der Waals surface area contributed by atoms with Gasteiger partial charge in [0.15, 0.2) is 5.82 Å². The number of carbonyl (C=O) groups is 1. The number of alkyl halides is 3. The zero-order valence-electron chi connectivity index (χ0n) is 20.6. The molecule has 2 aliphatic rings. The predicted octanol–water partition coefficient (Wildman–Crippen LogP) is 7.16. The first kappa shape index (κ1) is 25.8. The van der Waals surface area contributed by atoms with Crippen LogP contribution in [0.1, 0.15) is 70.5 Å². The fraction of sp³-hybridized carbons (Fsp3) is 0.500. The first-order valence-electron chi connectivity index (χ1n) is 12.6. The number of carbonyl (C=O) groups excluding carboxylic acids is 1. The number of nitrogens with zero attached hydrogens (tertiary/aromatic N) is 4. The second-order valence-electron chi connectivity index (χ2n) is 9.05. The highest BCUT2D eigenvalue weighted by Gasteiger charge is 2.49. The SMILES string of the molecule is C1CC1.CCCCCN(CCC)c1nn(-c2ccnc3c2C(C(F)(F)F)OC(=O)N3)c2ccccc12. The molecule has 10 heteroatoms. The first-order valence-corrected chi connectivity index (χ1v) is 12.6. The lowest BCUT2D eigenvalue weighted by Crippen LogP contribution is -2.35. The normalized spacial score (nSPS) is 16.5. The first-order chi connectivity index (χ1) is 17.3. The van der Waals surface area contributed by atoms with Crippen molar-refractivity contribution >= 4 is 28.6 Å². The predicted molar refractivity (Wildman–Crippen MR) is 134 cm³/mol. The van der Waals surface area contributed by atoms with E-state index in [1.54, 1.807) is 0 Å². The molecule has 1 aliphatic carbocycles. The van der Waals surface area contributed by atoms with Crippen LogP contribution in [0.5, 0.6) is 0 Å². The molecule has 2 aromatic heterocycles. The Hall–Kier alpha value is -3.30. The fourth-order valence-corrected chi connectivity index (χ4v) is 4.14. The van der Waals surface area contributed by atoms with Gasteiger partial charge in [0.25, 0.3) is 0 Å². The minimum absolute atomic E-state index is 0.162. The molecule has 1 atom stereocenters. The van der Waals surface area contributed by atoms with Crippen molar-refractivity contribution in [2.45, 2.75) is 71.1 Å². The Balaban J connectivity index is 0.000000943. The largest absolute Gasteiger partial charge is 0.431 e. The van der Waals surface area contributed by atoms with E-state index in [0.29, 0.717) is 5.52 Å². The van der Waals surface area contributed by atoms with E-state index in [-0.39, 0.29) is 17.1 Å². The molecule has 1 aromatic carbocycles. The number of nitrogens with one attached hydrogen (secondary N) is 1. The summed E-state index contributed by atoms with van der Waals surface area (Å²) < 4.78 is 47.7. The van der Waals surface area contributed by atoms with Gasteiger partial charge in [0, 0.05) is 24.7 Å². The van der Waals surface area contributed by atoms with E-state index in [1.807, 2.05) is 24.3 Å². The summed E-state index contributed by atoms with van der Waals surface area (Å²) in [5, 5.41) is 7.91. The van der Waals surface area contributed by atoms with E-state index in [9.17, 15) is 18.0 Å². The zero-order chi connectivity index (χ0) is 25.7. The van der Waals surface area contributed by atoms with E-state index in [1.165, 1.54) is 36.2 Å². The number of amides is 1. The lowest BCUT2D eigenvalue weighted by molar-refractivity contribution is -0.206. The summed E-state index contributed by atoms with van der Waals surface area (Å²) in [6.07, 6.45) is 1.51. The Kier molecular flexibility index (Phi) is 8.01. The van der Waals surface area contributed by atoms with Crippen molar-refractivity contribution in [1.82, 2.24) is 14.8 Å². The van der Waals surface area contributed by atoms with Gasteiger partial charge in [0.05, 0.1) is 16.8 Å². The topological polar surface area (TPSA) is 72.3 Å². The number of hydrogen-bond acceptors (Lipinski definition) is 5. The summed E-state index contributed by atoms with van der Waals surface area (Å²) in [4.78, 5) is 17.9. The molecule has 1 unspecified atom stereocenters. The number of anilines is 2. The minimum Gasteiger partial charge on any atom is -0.431 e. The summed E-state index contributed by atoms with van der Waals surface area (Å²) in [5.74, 6) is 0.541. The zero-order valence-corrected chi connectivity index (χ0v) is 20.6. The van der Waals surface area contributed by atoms with Crippen molar-refractivity contribution in [2.24, 2.45) is 0 Å². The average Bonchev–Trinajstić information content (AvgIpc) is 3.69. The summed E-state index contributed by atoms with van der Waals surface area (Å²) >= 11 is 0. The molecule has 36 heavy (non-hydrogen) atoms. The third-order valence-electron chi connectivity index (χ3n) is 5.95. The second-order valence-corrected chi connectivity index (χ2v) is 9.05. The highest BCUT2D eigenvalue weighted by molar-refractivity contribution is 5.93. The van der Waals surface area contributed by atoms with Crippen molar-refractivity contribution in [3.05, 3.63) is 42.1 Å². The maximum Gasteiger partial charge on any atom is 0.430 e. The Labute approximate surface area is 208 Å². The Bertz CT molecular complexity index is 1190. The number of hydrogen-bond donors (Lipinski definition) is 1. The fourth-order valence-electron chi connectivity index (χ4n) is 4.14. The lowest BCUT2D eigenvalue weighted by Gasteiger charge is -2.28. The van der Waals surface area contributed by atoms with Crippen molar-refractivity contribution in [3.8, 4) is 5.69 Å². The Morgan fingerprint density at radius 2 is 1.83 bits per heavy atom. The number of cyclic esters (lactones) is 1. The van der Waals surface area contributed by atoms with E-state index in [2.05, 4.69) is 33.8 Å². The monoisotopic (exact) mass is 503 g/mol. The standard InChI is InChI=1S/C23H26F3N5O2.C3H6/c1-3-5-8-14-30(13-4-2)21-15-9-6-7-10-16(15)31(29-21)17-11-12-27-20-18(17)19(23(24,25)26)33-22(32)28-20;1-2-3-1/h6-7,9-12,19H,3-5,8,13-14H2,1-2H3,(H,27,28,32);1-3H2. The maximum absolute atomic E-state index is 13.8. The van der Waals surface area contributed by atoms with Gasteiger partial charge in [0.2, 0.25) is 6.10 Å². The van der Waals surface area contributed by atoms with E-state index < -0.39 is 18.4 Å². The molecule has 0 saturated heterocycles. The van der Waals surface area contributed by atoms with Crippen molar-refractivity contribution in [1.29, 1.82) is 0 Å². The van der Waals surface area contributed by atoms with Gasteiger partial charge in [0.1, 0.15) is 5.82 Å². The van der Waals surface area contributed by atoms with Crippen LogP contribution >= 0.6 is 0 Å². The van der Waals surface area contributed by atoms with Gasteiger partial charge in [-0.1, -0.05) is 58.1 Å². The van der Waals surface area contributed by atoms with Crippen LogP contribution < -0.4 is 10.2 Å². The van der Waals surface area contributed by atoms with Crippen LogP contribution in [0.25, 0.3) is 16.6 Å². The number of fused-ring (bicyclic) bond motifs is 2. The number of para-hydroxylation sites is 1. The van der Waals surface area contributed by atoms with Gasteiger partial charge in [-0.15, -0.1) is 5.10 Å². The van der Waals surface area contributed by atoms with Gasteiger partial charge in [-0.2, -0.15) is 13.2 Å². The highest BCUT2D eigenvalue weighted by Crippen LogP contribution is 2.44. The molecule has 1 aliphatic heterocycles. The number of unbranched alkanes of at least 4 members (excludes halogenated alkanes) is 2. The summed E-state index contributed by atoms with van der Waals surface area (Å²) in [6.45, 7) is 5.81. The number of aromatic nitrogens is 3. The van der Waals surface area contributed by atoms with E-state index >= 15 is 0 Å². The second kappa shape index (κ2) is 11.2. The minimum atomic E-state index is -4.80. The molecule has 3 heterocycles. The number of halogens is 3. The van der Waals surface area contributed by atoms with Crippen molar-refractivity contribution in [3.63, 3.8) is 0 Å². The maximum atomic E-state index is 13.8. The van der Waals surface area contributed by atoms with E-state index in [4.69, 9.17) is 5.10 Å². The number of benzene rings is 1. The molecule has 0 spiro atoms. The number of ether oxygens (including phenoxy) is 1. The molecule has 3 aromatic rings. The molecule has 5 rings (SSSR count). The molecule has 194 valence electrons. The Morgan fingerprint density at radius 3 is 2.50 bits per heavy atom. The molecular weight excluding hydrogens is 471 g/mol. The van der Waals surface area contributed by atoms with Crippen LogP contribution in [0, 0.1) is 0 Å². The van der Waals surface area contributed by atoms with Crippen LogP contribution in [0.15, 0.2) is 36.5 Å². The van der Waals surface area contributed by atoms with Gasteiger partial charge in [-0.3, -0.25) is 5.32 Å². The molecule has 7 nitrogen and oxygen atoms in total. The molecular formula is C26H32F3N5O2. The van der Waals surface area contributed by atoms with Crippen LogP contribution in [0.2, 0.25) is 0 Å². The number of rotatable bonds is 8. The van der Waals surface area contributed by atoms with Crippen LogP contribution in [-0.4, -0.2) is 40.1 Å². The average molecular weight is 504 g/mol. The molecule has 0 bridgehead atoms. The van der Waals surface area contributed by atoms with E-state index in [0.717, 1.165) is 50.0 Å². The highest BCUT2D eigenvalue weighted by atomic mass is 19.4. The van der Waals surface area contributed by atoms with Gasteiger partial charge in [-0.25, -0.2) is 14.5 Å². The quantitative estimate of drug-likeness (QED) is 0.330. The van der Waals surface area contributed by atoms with Crippen molar-refractivity contribution in [2.75, 3.05) is 23.3 Å². The summed E-state index contributed by atoms with van der Waals surface area (Å²) in [6, 6.07) is 8.91. The molecule has 1 saturated carbocycles. The third kappa shape index (κ3) is 5.74. The van der Waals surface area contributed by atoms with Crippen LogP contribution in [-0.2, 0) is 4.74 Å². The Morgan fingerprint density at radius 1 is 1.08 bits per heavy atom. The van der Waals surface area contributed by atoms with Gasteiger partial charge < -0.3 is 9.64 Å². The van der Waals surface area contributed by atoms with Crippen LogP contribution in [0.4, 0.5) is 29.6 Å². The number of pyridine rings is 1. The summed E-state index contributed by atoms with van der Waals surface area (Å²) in [5.41, 5.74) is 0.558. The summed E-state index contributed by atoms with van der Waals surface area (Å²) in [7, 11) is 0. The molecule has 0 radical (unpaired) electrons. The smallest absolute Gasteiger partial charge is 0.430 e. The lowest BCUT2D eigenvalue weighted by atomic mass is 10.1.